The summed E-state index contributed by atoms with van der Waals surface area (Å²) in [7, 11) is 0. The van der Waals surface area contributed by atoms with Crippen molar-refractivity contribution >= 4 is 41.8 Å². The molecule has 0 saturated heterocycles. The average Bonchev–Trinajstić information content (AvgIpc) is 2.94. The molecular weight excluding hydrogens is 348 g/mol. The van der Waals surface area contributed by atoms with Crippen LogP contribution in [0.2, 0.25) is 5.02 Å². The molecule has 3 rings (SSSR count). The van der Waals surface area contributed by atoms with Crippen LogP contribution >= 0.6 is 35.6 Å². The van der Waals surface area contributed by atoms with E-state index in [9.17, 15) is 0 Å². The van der Waals surface area contributed by atoms with E-state index in [0.29, 0.717) is 15.6 Å². The minimum atomic E-state index is 0.414. The van der Waals surface area contributed by atoms with Gasteiger partial charge in [0.25, 0.3) is 0 Å². The van der Waals surface area contributed by atoms with E-state index in [1.807, 2.05) is 42.7 Å². The second-order valence-corrected chi connectivity index (χ2v) is 6.34. The van der Waals surface area contributed by atoms with Crippen LogP contribution in [0.25, 0.3) is 11.4 Å². The molecular formula is C16H13ClN4S2. The van der Waals surface area contributed by atoms with Gasteiger partial charge in [0.1, 0.15) is 0 Å². The number of hydrogen-bond acceptors (Lipinski definition) is 4. The van der Waals surface area contributed by atoms with Crippen molar-refractivity contribution in [2.45, 2.75) is 4.90 Å². The molecule has 0 saturated carbocycles. The summed E-state index contributed by atoms with van der Waals surface area (Å²) < 4.78 is 1.98. The third-order valence-electron chi connectivity index (χ3n) is 3.20. The van der Waals surface area contributed by atoms with Crippen molar-refractivity contribution < 1.29 is 0 Å². The fraction of sp³-hybridized carbons (Fsp3) is 0.0625. The van der Waals surface area contributed by atoms with Gasteiger partial charge in [-0.1, -0.05) is 35.9 Å². The van der Waals surface area contributed by atoms with Crippen molar-refractivity contribution in [1.82, 2.24) is 14.9 Å². The Bertz CT molecular complexity index is 897. The molecule has 4 nitrogen and oxygen atoms in total. The zero-order chi connectivity index (χ0) is 16.2. The quantitative estimate of drug-likeness (QED) is 0.410. The molecule has 0 radical (unpaired) electrons. The molecule has 2 aromatic carbocycles. The van der Waals surface area contributed by atoms with Gasteiger partial charge in [0.15, 0.2) is 5.82 Å². The Balaban J connectivity index is 1.97. The third kappa shape index (κ3) is 3.55. The summed E-state index contributed by atoms with van der Waals surface area (Å²) in [5.41, 5.74) is 1.76. The van der Waals surface area contributed by atoms with Crippen LogP contribution in [0.4, 0.5) is 0 Å². The molecule has 1 heterocycles. The number of aromatic nitrogens is 3. The first-order chi connectivity index (χ1) is 11.2. The highest BCUT2D eigenvalue weighted by atomic mass is 35.5. The third-order valence-corrected chi connectivity index (χ3v) is 4.54. The summed E-state index contributed by atoms with van der Waals surface area (Å²) in [6, 6.07) is 15.6. The normalized spacial score (nSPS) is 11.2. The molecule has 0 amide bonds. The highest BCUT2D eigenvalue weighted by Crippen LogP contribution is 2.25. The van der Waals surface area contributed by atoms with Crippen molar-refractivity contribution in [2.75, 3.05) is 6.26 Å². The SMILES string of the molecule is CSc1ccc(C=Nn2c(-c3ccccc3Cl)n[nH]c2=S)cc1. The van der Waals surface area contributed by atoms with E-state index in [0.717, 1.165) is 11.1 Å². The van der Waals surface area contributed by atoms with Gasteiger partial charge in [0, 0.05) is 10.5 Å². The zero-order valence-electron chi connectivity index (χ0n) is 12.2. The Morgan fingerprint density at radius 3 is 2.65 bits per heavy atom. The Hall–Kier alpha value is -1.89. The van der Waals surface area contributed by atoms with Gasteiger partial charge < -0.3 is 0 Å². The molecule has 7 heteroatoms. The lowest BCUT2D eigenvalue weighted by molar-refractivity contribution is 0.871. The Labute approximate surface area is 148 Å². The second kappa shape index (κ2) is 7.12. The lowest BCUT2D eigenvalue weighted by Gasteiger charge is -2.03. The first-order valence-electron chi connectivity index (χ1n) is 6.80. The highest BCUT2D eigenvalue weighted by molar-refractivity contribution is 7.98. The van der Waals surface area contributed by atoms with Gasteiger partial charge in [0.2, 0.25) is 4.77 Å². The summed E-state index contributed by atoms with van der Waals surface area (Å²) in [5, 5.41) is 12.0. The molecule has 3 aromatic rings. The standard InChI is InChI=1S/C16H13ClN4S2/c1-23-12-8-6-11(7-9-12)10-18-21-15(19-20-16(21)22)13-4-2-3-5-14(13)17/h2-10H,1H3,(H,20,22). The maximum Gasteiger partial charge on any atom is 0.216 e. The number of H-pyrrole nitrogens is 1. The minimum absolute atomic E-state index is 0.414. The van der Waals surface area contributed by atoms with Gasteiger partial charge >= 0.3 is 0 Å². The summed E-state index contributed by atoms with van der Waals surface area (Å²) in [6.45, 7) is 0. The van der Waals surface area contributed by atoms with Crippen LogP contribution in [-0.2, 0) is 0 Å². The molecule has 0 unspecified atom stereocenters. The maximum atomic E-state index is 6.24. The Morgan fingerprint density at radius 1 is 1.22 bits per heavy atom. The van der Waals surface area contributed by atoms with Crippen LogP contribution in [0.3, 0.4) is 0 Å². The van der Waals surface area contributed by atoms with E-state index >= 15 is 0 Å². The summed E-state index contributed by atoms with van der Waals surface area (Å²) in [6.07, 6.45) is 3.79. The smallest absolute Gasteiger partial charge is 0.216 e. The van der Waals surface area contributed by atoms with Gasteiger partial charge in [0.05, 0.1) is 11.2 Å². The van der Waals surface area contributed by atoms with E-state index in [1.54, 1.807) is 22.7 Å². The number of nitrogens with one attached hydrogen (secondary N) is 1. The number of benzene rings is 2. The van der Waals surface area contributed by atoms with E-state index in [-0.39, 0.29) is 0 Å². The number of hydrogen-bond donors (Lipinski definition) is 1. The molecule has 0 aliphatic heterocycles. The van der Waals surface area contributed by atoms with E-state index in [1.165, 1.54) is 4.90 Å². The fourth-order valence-electron chi connectivity index (χ4n) is 2.03. The van der Waals surface area contributed by atoms with Crippen molar-refractivity contribution in [2.24, 2.45) is 5.10 Å². The highest BCUT2D eigenvalue weighted by Gasteiger charge is 2.11. The molecule has 116 valence electrons. The molecule has 0 aliphatic rings. The van der Waals surface area contributed by atoms with Crippen molar-refractivity contribution in [3.05, 3.63) is 63.9 Å². The number of nitrogens with zero attached hydrogens (tertiary/aromatic N) is 3. The van der Waals surface area contributed by atoms with Crippen LogP contribution < -0.4 is 0 Å². The van der Waals surface area contributed by atoms with E-state index in [2.05, 4.69) is 27.4 Å². The molecule has 0 atom stereocenters. The largest absolute Gasteiger partial charge is 0.250 e. The van der Waals surface area contributed by atoms with Crippen molar-refractivity contribution in [3.8, 4) is 11.4 Å². The van der Waals surface area contributed by atoms with Crippen LogP contribution in [-0.4, -0.2) is 27.3 Å². The van der Waals surface area contributed by atoms with Gasteiger partial charge in [-0.05, 0) is 48.3 Å². The molecule has 0 spiro atoms. The lowest BCUT2D eigenvalue weighted by Crippen LogP contribution is -1.95. The molecule has 1 aromatic heterocycles. The maximum absolute atomic E-state index is 6.24. The monoisotopic (exact) mass is 360 g/mol. The number of halogens is 1. The molecule has 0 aliphatic carbocycles. The van der Waals surface area contributed by atoms with Crippen molar-refractivity contribution in [1.29, 1.82) is 0 Å². The topological polar surface area (TPSA) is 46.0 Å². The Kier molecular flexibility index (Phi) is 4.95. The van der Waals surface area contributed by atoms with Crippen LogP contribution in [0.15, 0.2) is 58.5 Å². The summed E-state index contributed by atoms with van der Waals surface area (Å²) in [4.78, 5) is 1.21. The second-order valence-electron chi connectivity index (χ2n) is 4.66. The first-order valence-corrected chi connectivity index (χ1v) is 8.81. The van der Waals surface area contributed by atoms with Crippen LogP contribution in [0, 0.1) is 4.77 Å². The lowest BCUT2D eigenvalue weighted by atomic mass is 10.2. The van der Waals surface area contributed by atoms with Gasteiger partial charge in [-0.2, -0.15) is 14.9 Å². The van der Waals surface area contributed by atoms with Gasteiger partial charge in [-0.15, -0.1) is 11.8 Å². The number of rotatable bonds is 4. The Morgan fingerprint density at radius 2 is 1.96 bits per heavy atom. The predicted molar refractivity (Wildman–Crippen MR) is 99.1 cm³/mol. The molecule has 1 N–H and O–H groups in total. The summed E-state index contributed by atoms with van der Waals surface area (Å²) in [5.74, 6) is 0.581. The first kappa shape index (κ1) is 16.0. The van der Waals surface area contributed by atoms with Crippen LogP contribution in [0.1, 0.15) is 5.56 Å². The molecule has 0 fully saturated rings. The van der Waals surface area contributed by atoms with Gasteiger partial charge in [-0.25, -0.2) is 5.10 Å². The average molecular weight is 361 g/mol. The minimum Gasteiger partial charge on any atom is -0.250 e. The van der Waals surface area contributed by atoms with E-state index < -0.39 is 0 Å². The van der Waals surface area contributed by atoms with E-state index in [4.69, 9.17) is 23.8 Å². The van der Waals surface area contributed by atoms with Crippen LogP contribution in [0.5, 0.6) is 0 Å². The fourth-order valence-corrected chi connectivity index (χ4v) is 2.84. The summed E-state index contributed by atoms with van der Waals surface area (Å²) >= 11 is 13.2. The predicted octanol–water partition coefficient (Wildman–Crippen LogP) is 4.87. The van der Waals surface area contributed by atoms with Gasteiger partial charge in [-0.3, -0.25) is 0 Å². The number of aromatic amines is 1. The van der Waals surface area contributed by atoms with Crippen molar-refractivity contribution in [3.63, 3.8) is 0 Å². The molecule has 0 bridgehead atoms. The zero-order valence-corrected chi connectivity index (χ0v) is 14.6. The number of thioether (sulfide) groups is 1. The molecule has 23 heavy (non-hydrogen) atoms.